The average molecular weight is 359 g/mol. The summed E-state index contributed by atoms with van der Waals surface area (Å²) in [4.78, 5) is 0. The van der Waals surface area contributed by atoms with E-state index in [0.717, 1.165) is 32.6 Å². The number of rotatable bonds is 11. The molecule has 0 aliphatic carbocycles. The van der Waals surface area contributed by atoms with Gasteiger partial charge in [-0.15, -0.1) is 0 Å². The van der Waals surface area contributed by atoms with E-state index >= 15 is 0 Å². The molecule has 0 saturated heterocycles. The lowest BCUT2D eigenvalue weighted by Gasteiger charge is -2.19. The first kappa shape index (κ1) is 19.3. The van der Waals surface area contributed by atoms with E-state index in [9.17, 15) is 0 Å². The number of hydrogen-bond acceptors (Lipinski definition) is 2. The van der Waals surface area contributed by atoms with Crippen LogP contribution in [0.5, 0.6) is 0 Å². The summed E-state index contributed by atoms with van der Waals surface area (Å²) in [7, 11) is 0. The lowest BCUT2D eigenvalue weighted by atomic mass is 9.91. The van der Waals surface area contributed by atoms with E-state index in [1.165, 1.54) is 23.1 Å². The van der Waals surface area contributed by atoms with Crippen molar-refractivity contribution in [3.05, 3.63) is 108 Å². The first-order valence-corrected chi connectivity index (χ1v) is 9.99. The highest BCUT2D eigenvalue weighted by molar-refractivity contribution is 5.32. The molecule has 0 atom stereocenters. The summed E-state index contributed by atoms with van der Waals surface area (Å²) in [6.45, 7) is 4.02. The summed E-state index contributed by atoms with van der Waals surface area (Å²) >= 11 is 0. The highest BCUT2D eigenvalue weighted by Gasteiger charge is 2.12. The van der Waals surface area contributed by atoms with Gasteiger partial charge in [0.2, 0.25) is 0 Å². The zero-order valence-electron chi connectivity index (χ0n) is 16.0. The van der Waals surface area contributed by atoms with Crippen molar-refractivity contribution in [3.63, 3.8) is 0 Å². The molecule has 0 amide bonds. The van der Waals surface area contributed by atoms with Crippen LogP contribution in [-0.2, 0) is 6.42 Å². The van der Waals surface area contributed by atoms with Gasteiger partial charge in [-0.05, 0) is 36.1 Å². The van der Waals surface area contributed by atoms with Gasteiger partial charge in [-0.2, -0.15) is 0 Å². The van der Waals surface area contributed by atoms with E-state index in [-0.39, 0.29) is 0 Å². The molecule has 140 valence electrons. The Balaban J connectivity index is 1.37. The minimum atomic E-state index is 0.394. The summed E-state index contributed by atoms with van der Waals surface area (Å²) < 4.78 is 0. The van der Waals surface area contributed by atoms with Crippen LogP contribution >= 0.6 is 0 Å². The molecule has 3 aromatic rings. The van der Waals surface area contributed by atoms with Crippen LogP contribution in [-0.4, -0.2) is 26.2 Å². The lowest BCUT2D eigenvalue weighted by Crippen LogP contribution is -2.31. The highest BCUT2D eigenvalue weighted by Crippen LogP contribution is 2.23. The molecular formula is C25H30N2. The van der Waals surface area contributed by atoms with Gasteiger partial charge in [0.25, 0.3) is 0 Å². The molecule has 3 rings (SSSR count). The smallest absolute Gasteiger partial charge is 0.0214 e. The van der Waals surface area contributed by atoms with Crippen molar-refractivity contribution in [2.75, 3.05) is 26.2 Å². The second-order valence-electron chi connectivity index (χ2n) is 6.92. The van der Waals surface area contributed by atoms with Crippen molar-refractivity contribution in [2.45, 2.75) is 18.8 Å². The lowest BCUT2D eigenvalue weighted by molar-refractivity contribution is 0.580. The molecule has 0 bridgehead atoms. The van der Waals surface area contributed by atoms with Crippen molar-refractivity contribution in [1.29, 1.82) is 0 Å². The van der Waals surface area contributed by atoms with Gasteiger partial charge in [0.15, 0.2) is 0 Å². The monoisotopic (exact) mass is 358 g/mol. The van der Waals surface area contributed by atoms with Crippen molar-refractivity contribution < 1.29 is 0 Å². The molecule has 0 radical (unpaired) electrons. The van der Waals surface area contributed by atoms with Crippen molar-refractivity contribution in [1.82, 2.24) is 10.6 Å². The summed E-state index contributed by atoms with van der Waals surface area (Å²) in [5, 5.41) is 7.17. The van der Waals surface area contributed by atoms with E-state index in [0.29, 0.717) is 5.92 Å². The fraction of sp³-hybridized carbons (Fsp3) is 0.280. The van der Waals surface area contributed by atoms with Crippen LogP contribution in [0.4, 0.5) is 0 Å². The molecular weight excluding hydrogens is 328 g/mol. The Hall–Kier alpha value is -2.42. The van der Waals surface area contributed by atoms with Crippen LogP contribution in [0.1, 0.15) is 29.0 Å². The number of nitrogens with one attached hydrogen (secondary N) is 2. The molecule has 0 spiro atoms. The Morgan fingerprint density at radius 3 is 1.67 bits per heavy atom. The number of benzene rings is 3. The molecule has 0 unspecified atom stereocenters. The van der Waals surface area contributed by atoms with Gasteiger partial charge < -0.3 is 10.6 Å². The van der Waals surface area contributed by atoms with Crippen molar-refractivity contribution in [3.8, 4) is 0 Å². The summed E-state index contributed by atoms with van der Waals surface area (Å²) in [5.74, 6) is 0.394. The van der Waals surface area contributed by atoms with Gasteiger partial charge in [0.05, 0.1) is 0 Å². The van der Waals surface area contributed by atoms with E-state index in [4.69, 9.17) is 0 Å². The van der Waals surface area contributed by atoms with Crippen molar-refractivity contribution in [2.24, 2.45) is 0 Å². The second-order valence-corrected chi connectivity index (χ2v) is 6.92. The third-order valence-corrected chi connectivity index (χ3v) is 4.89. The van der Waals surface area contributed by atoms with E-state index in [2.05, 4.69) is 102 Å². The fourth-order valence-electron chi connectivity index (χ4n) is 3.41. The molecule has 0 saturated carbocycles. The van der Waals surface area contributed by atoms with Crippen molar-refractivity contribution >= 4 is 0 Å². The van der Waals surface area contributed by atoms with Crippen LogP contribution in [0, 0.1) is 0 Å². The Morgan fingerprint density at radius 1 is 0.556 bits per heavy atom. The maximum absolute atomic E-state index is 3.63. The zero-order valence-corrected chi connectivity index (χ0v) is 16.0. The molecule has 0 fully saturated rings. The Bertz CT molecular complexity index is 702. The summed E-state index contributed by atoms with van der Waals surface area (Å²) in [6.07, 6.45) is 2.33. The molecule has 27 heavy (non-hydrogen) atoms. The molecule has 0 aromatic heterocycles. The first-order valence-electron chi connectivity index (χ1n) is 9.99. The second kappa shape index (κ2) is 11.3. The molecule has 0 heterocycles. The molecule has 2 heteroatoms. The van der Waals surface area contributed by atoms with Gasteiger partial charge in [-0.25, -0.2) is 0 Å². The van der Waals surface area contributed by atoms with Crippen LogP contribution in [0.25, 0.3) is 0 Å². The third-order valence-electron chi connectivity index (χ3n) is 4.89. The minimum absolute atomic E-state index is 0.394. The number of hydrogen-bond donors (Lipinski definition) is 2. The first-order chi connectivity index (χ1) is 13.4. The summed E-state index contributed by atoms with van der Waals surface area (Å²) in [5.41, 5.74) is 4.16. The predicted octanol–water partition coefficient (Wildman–Crippen LogP) is 4.63. The van der Waals surface area contributed by atoms with Crippen LogP contribution in [0.15, 0.2) is 91.0 Å². The standard InChI is InChI=1S/C25H30N2/c1-4-11-22(12-5-1)13-10-18-26-19-20-27-21-25(23-14-6-2-7-15-23)24-16-8-3-9-17-24/h1-9,11-12,14-17,25-27H,10,13,18-21H2. The van der Waals surface area contributed by atoms with Gasteiger partial charge in [0.1, 0.15) is 0 Å². The Labute approximate surface area is 163 Å². The zero-order chi connectivity index (χ0) is 18.6. The van der Waals surface area contributed by atoms with E-state index in [1.54, 1.807) is 0 Å². The van der Waals surface area contributed by atoms with E-state index in [1.807, 2.05) is 0 Å². The Morgan fingerprint density at radius 2 is 1.07 bits per heavy atom. The minimum Gasteiger partial charge on any atom is -0.315 e. The van der Waals surface area contributed by atoms with Gasteiger partial charge in [0, 0.05) is 25.6 Å². The molecule has 3 aromatic carbocycles. The molecule has 0 aliphatic heterocycles. The largest absolute Gasteiger partial charge is 0.315 e. The van der Waals surface area contributed by atoms with Gasteiger partial charge >= 0.3 is 0 Å². The van der Waals surface area contributed by atoms with E-state index < -0.39 is 0 Å². The Kier molecular flexibility index (Phi) is 8.11. The molecule has 2 nitrogen and oxygen atoms in total. The van der Waals surface area contributed by atoms with Gasteiger partial charge in [-0.3, -0.25) is 0 Å². The average Bonchev–Trinajstić information content (AvgIpc) is 2.75. The third kappa shape index (κ3) is 6.67. The quantitative estimate of drug-likeness (QED) is 0.488. The summed E-state index contributed by atoms with van der Waals surface area (Å²) in [6, 6.07) is 32.3. The normalized spacial score (nSPS) is 11.0. The molecule has 0 aliphatic rings. The maximum Gasteiger partial charge on any atom is 0.0214 e. The SMILES string of the molecule is c1ccc(CCCNCCNCC(c2ccccc2)c2ccccc2)cc1. The van der Waals surface area contributed by atoms with Gasteiger partial charge in [-0.1, -0.05) is 91.0 Å². The van der Waals surface area contributed by atoms with Crippen LogP contribution < -0.4 is 10.6 Å². The topological polar surface area (TPSA) is 24.1 Å². The predicted molar refractivity (Wildman–Crippen MR) is 115 cm³/mol. The maximum atomic E-state index is 3.63. The highest BCUT2D eigenvalue weighted by atomic mass is 14.9. The fourth-order valence-corrected chi connectivity index (χ4v) is 3.41. The molecule has 2 N–H and O–H groups in total. The van der Waals surface area contributed by atoms with Crippen LogP contribution in [0.3, 0.4) is 0 Å². The number of aryl methyl sites for hydroxylation is 1. The van der Waals surface area contributed by atoms with Crippen LogP contribution in [0.2, 0.25) is 0 Å².